The first kappa shape index (κ1) is 14.0. The minimum atomic E-state index is 0.209. The topological polar surface area (TPSA) is 39.9 Å². The van der Waals surface area contributed by atoms with Crippen molar-refractivity contribution in [2.75, 3.05) is 13.7 Å². The molecule has 0 bridgehead atoms. The van der Waals surface area contributed by atoms with Crippen LogP contribution in [0.25, 0.3) is 11.2 Å². The molecule has 0 N–H and O–H groups in total. The van der Waals surface area contributed by atoms with Gasteiger partial charge >= 0.3 is 0 Å². The number of imidazole rings is 1. The molecule has 0 atom stereocenters. The van der Waals surface area contributed by atoms with Gasteiger partial charge in [-0.15, -0.1) is 0 Å². The van der Waals surface area contributed by atoms with Crippen LogP contribution in [0.5, 0.6) is 0 Å². The van der Waals surface area contributed by atoms with E-state index >= 15 is 0 Å². The largest absolute Gasteiger partial charge is 0.385 e. The van der Waals surface area contributed by atoms with Gasteiger partial charge in [-0.1, -0.05) is 20.8 Å². The molecule has 0 saturated heterocycles. The van der Waals surface area contributed by atoms with E-state index in [2.05, 4.69) is 30.3 Å². The Kier molecular flexibility index (Phi) is 4.20. The maximum Gasteiger partial charge on any atom is 0.160 e. The second-order valence-corrected chi connectivity index (χ2v) is 6.12. The summed E-state index contributed by atoms with van der Waals surface area (Å²) in [6.07, 6.45) is 3.76. The van der Waals surface area contributed by atoms with Crippen LogP contribution in [-0.4, -0.2) is 28.3 Å². The Morgan fingerprint density at radius 1 is 1.32 bits per heavy atom. The van der Waals surface area contributed by atoms with Crippen LogP contribution in [0.15, 0.2) is 18.3 Å². The highest BCUT2D eigenvalue weighted by atomic mass is 16.5. The van der Waals surface area contributed by atoms with Crippen LogP contribution in [0.3, 0.4) is 0 Å². The van der Waals surface area contributed by atoms with Crippen molar-refractivity contribution < 1.29 is 4.74 Å². The number of fused-ring (bicyclic) bond motifs is 1. The maximum atomic E-state index is 5.13. The summed E-state index contributed by atoms with van der Waals surface area (Å²) in [6.45, 7) is 8.41. The fourth-order valence-electron chi connectivity index (χ4n) is 2.21. The summed E-state index contributed by atoms with van der Waals surface area (Å²) in [4.78, 5) is 9.20. The molecule has 0 unspecified atom stereocenters. The molecule has 2 heterocycles. The average molecular weight is 261 g/mol. The zero-order chi connectivity index (χ0) is 13.9. The van der Waals surface area contributed by atoms with Crippen molar-refractivity contribution in [1.82, 2.24) is 14.5 Å². The predicted molar refractivity (Wildman–Crippen MR) is 77.2 cm³/mol. The van der Waals surface area contributed by atoms with Gasteiger partial charge in [0.05, 0.1) is 0 Å². The fraction of sp³-hybridized carbons (Fsp3) is 0.600. The number of aromatic nitrogens is 3. The third kappa shape index (κ3) is 3.53. The van der Waals surface area contributed by atoms with E-state index < -0.39 is 0 Å². The first-order chi connectivity index (χ1) is 9.01. The SMILES string of the molecule is COCCCc1nc2cccnc2n1CC(C)(C)C. The molecule has 19 heavy (non-hydrogen) atoms. The third-order valence-corrected chi connectivity index (χ3v) is 2.96. The molecule has 2 aromatic rings. The minimum absolute atomic E-state index is 0.209. The third-order valence-electron chi connectivity index (χ3n) is 2.96. The van der Waals surface area contributed by atoms with E-state index in [1.54, 1.807) is 7.11 Å². The molecule has 2 aromatic heterocycles. The quantitative estimate of drug-likeness (QED) is 0.777. The van der Waals surface area contributed by atoms with Crippen LogP contribution < -0.4 is 0 Å². The van der Waals surface area contributed by atoms with Crippen molar-refractivity contribution in [3.63, 3.8) is 0 Å². The molecule has 2 rings (SSSR count). The monoisotopic (exact) mass is 261 g/mol. The van der Waals surface area contributed by atoms with Crippen LogP contribution in [0.4, 0.5) is 0 Å². The highest BCUT2D eigenvalue weighted by molar-refractivity contribution is 5.71. The molecule has 0 aliphatic carbocycles. The van der Waals surface area contributed by atoms with E-state index in [9.17, 15) is 0 Å². The Morgan fingerprint density at radius 2 is 2.11 bits per heavy atom. The summed E-state index contributed by atoms with van der Waals surface area (Å²) >= 11 is 0. The summed E-state index contributed by atoms with van der Waals surface area (Å²) in [5.74, 6) is 1.11. The number of rotatable bonds is 5. The van der Waals surface area contributed by atoms with Gasteiger partial charge < -0.3 is 9.30 Å². The van der Waals surface area contributed by atoms with E-state index in [1.165, 1.54) is 0 Å². The standard InChI is InChI=1S/C15H23N3O/c1-15(2,3)11-18-13(8-6-10-19-4)17-12-7-5-9-16-14(12)18/h5,7,9H,6,8,10-11H2,1-4H3. The Morgan fingerprint density at radius 3 is 2.79 bits per heavy atom. The second-order valence-electron chi connectivity index (χ2n) is 6.12. The lowest BCUT2D eigenvalue weighted by molar-refractivity contribution is 0.194. The lowest BCUT2D eigenvalue weighted by Crippen LogP contribution is -2.18. The van der Waals surface area contributed by atoms with Crippen LogP contribution in [0, 0.1) is 5.41 Å². The smallest absolute Gasteiger partial charge is 0.160 e. The molecular weight excluding hydrogens is 238 g/mol. The number of methoxy groups -OCH3 is 1. The summed E-state index contributed by atoms with van der Waals surface area (Å²) < 4.78 is 7.38. The highest BCUT2D eigenvalue weighted by Crippen LogP contribution is 2.22. The maximum absolute atomic E-state index is 5.13. The first-order valence-corrected chi connectivity index (χ1v) is 6.80. The molecule has 0 spiro atoms. The summed E-state index contributed by atoms with van der Waals surface area (Å²) in [5, 5.41) is 0. The van der Waals surface area contributed by atoms with Crippen LogP contribution in [-0.2, 0) is 17.7 Å². The van der Waals surface area contributed by atoms with Gasteiger partial charge in [0.2, 0.25) is 0 Å². The van der Waals surface area contributed by atoms with Crippen molar-refractivity contribution >= 4 is 11.2 Å². The van der Waals surface area contributed by atoms with Gasteiger partial charge in [-0.25, -0.2) is 9.97 Å². The molecule has 0 aromatic carbocycles. The molecule has 0 fully saturated rings. The normalized spacial score (nSPS) is 12.2. The summed E-state index contributed by atoms with van der Waals surface area (Å²) in [6, 6.07) is 3.97. The van der Waals surface area contributed by atoms with Gasteiger partial charge in [0.1, 0.15) is 11.3 Å². The van der Waals surface area contributed by atoms with Crippen LogP contribution >= 0.6 is 0 Å². The number of aryl methyl sites for hydroxylation is 1. The van der Waals surface area contributed by atoms with Gasteiger partial charge in [-0.2, -0.15) is 0 Å². The molecule has 0 aliphatic rings. The van der Waals surface area contributed by atoms with Gasteiger partial charge in [0.15, 0.2) is 5.65 Å². The van der Waals surface area contributed by atoms with Crippen molar-refractivity contribution in [3.05, 3.63) is 24.2 Å². The van der Waals surface area contributed by atoms with E-state index in [4.69, 9.17) is 9.72 Å². The Bertz CT molecular complexity index is 540. The van der Waals surface area contributed by atoms with E-state index in [0.29, 0.717) is 0 Å². The molecule has 0 aliphatic heterocycles. The number of hydrogen-bond donors (Lipinski definition) is 0. The van der Waals surface area contributed by atoms with Crippen LogP contribution in [0.1, 0.15) is 33.0 Å². The number of pyridine rings is 1. The molecule has 0 saturated carbocycles. The number of ether oxygens (including phenoxy) is 1. The lowest BCUT2D eigenvalue weighted by atomic mass is 9.97. The predicted octanol–water partition coefficient (Wildman–Crippen LogP) is 3.06. The van der Waals surface area contributed by atoms with Crippen molar-refractivity contribution in [1.29, 1.82) is 0 Å². The Hall–Kier alpha value is -1.42. The van der Waals surface area contributed by atoms with Gasteiger partial charge in [0, 0.05) is 32.9 Å². The average Bonchev–Trinajstić information content (AvgIpc) is 2.66. The van der Waals surface area contributed by atoms with E-state index in [-0.39, 0.29) is 5.41 Å². The number of nitrogens with zero attached hydrogens (tertiary/aromatic N) is 3. The Balaban J connectivity index is 2.34. The lowest BCUT2D eigenvalue weighted by Gasteiger charge is -2.20. The molecular formula is C15H23N3O. The number of hydrogen-bond acceptors (Lipinski definition) is 3. The first-order valence-electron chi connectivity index (χ1n) is 6.80. The zero-order valence-corrected chi connectivity index (χ0v) is 12.3. The second kappa shape index (κ2) is 5.70. The summed E-state index contributed by atoms with van der Waals surface area (Å²) in [5.41, 5.74) is 2.19. The Labute approximate surface area is 114 Å². The van der Waals surface area contributed by atoms with E-state index in [1.807, 2.05) is 18.3 Å². The summed E-state index contributed by atoms with van der Waals surface area (Å²) in [7, 11) is 1.74. The molecule has 4 heteroatoms. The molecule has 4 nitrogen and oxygen atoms in total. The van der Waals surface area contributed by atoms with Crippen LogP contribution in [0.2, 0.25) is 0 Å². The van der Waals surface area contributed by atoms with Gasteiger partial charge in [-0.05, 0) is 24.0 Å². The van der Waals surface area contributed by atoms with Crippen molar-refractivity contribution in [2.45, 2.75) is 40.2 Å². The van der Waals surface area contributed by atoms with Crippen molar-refractivity contribution in [2.24, 2.45) is 5.41 Å². The van der Waals surface area contributed by atoms with Gasteiger partial charge in [0.25, 0.3) is 0 Å². The molecule has 104 valence electrons. The van der Waals surface area contributed by atoms with Gasteiger partial charge in [-0.3, -0.25) is 0 Å². The zero-order valence-electron chi connectivity index (χ0n) is 12.3. The minimum Gasteiger partial charge on any atom is -0.385 e. The highest BCUT2D eigenvalue weighted by Gasteiger charge is 2.17. The molecule has 0 radical (unpaired) electrons. The fourth-order valence-corrected chi connectivity index (χ4v) is 2.21. The van der Waals surface area contributed by atoms with E-state index in [0.717, 1.165) is 43.0 Å². The molecule has 0 amide bonds. The van der Waals surface area contributed by atoms with Crippen molar-refractivity contribution in [3.8, 4) is 0 Å².